The van der Waals surface area contributed by atoms with Crippen molar-refractivity contribution in [3.8, 4) is 11.1 Å². The summed E-state index contributed by atoms with van der Waals surface area (Å²) in [4.78, 5) is 14.5. The van der Waals surface area contributed by atoms with Crippen molar-refractivity contribution < 1.29 is 40.6 Å². The number of fused-ring (bicyclic) bond motifs is 3. The standard InChI is InChI=1S/C22H19F6NO3/c1-3-29(16-11-31-20(32-16,21(23,24)25)22(26,27)28)19(30)18-15-9-5-4-8-13(15)14-10-6-7-12(2)17(14)18/h4-10,16,18H,3,11H2,1-2H3. The molecule has 1 amide bonds. The molecule has 1 saturated heterocycles. The number of likely N-dealkylation sites (N-methyl/N-ethyl adjacent to an activating group) is 1. The van der Waals surface area contributed by atoms with Crippen LogP contribution in [0.3, 0.4) is 0 Å². The first-order valence-electron chi connectivity index (χ1n) is 9.87. The Bertz CT molecular complexity index is 1030. The number of nitrogens with zero attached hydrogens (tertiary/aromatic N) is 1. The quantitative estimate of drug-likeness (QED) is 0.596. The average Bonchev–Trinajstić information content (AvgIpc) is 3.30. The zero-order valence-electron chi connectivity index (χ0n) is 17.1. The van der Waals surface area contributed by atoms with Gasteiger partial charge in [-0.25, -0.2) is 0 Å². The van der Waals surface area contributed by atoms with E-state index in [4.69, 9.17) is 0 Å². The van der Waals surface area contributed by atoms with Crippen LogP contribution in [0.25, 0.3) is 11.1 Å². The molecule has 2 atom stereocenters. The van der Waals surface area contributed by atoms with Crippen LogP contribution in [0.15, 0.2) is 42.5 Å². The molecule has 2 aromatic carbocycles. The third-order valence-corrected chi connectivity index (χ3v) is 5.87. The lowest BCUT2D eigenvalue weighted by atomic mass is 9.92. The van der Waals surface area contributed by atoms with Crippen molar-refractivity contribution in [1.82, 2.24) is 4.90 Å². The molecule has 32 heavy (non-hydrogen) atoms. The Kier molecular flexibility index (Phi) is 5.28. The van der Waals surface area contributed by atoms with Gasteiger partial charge in [-0.3, -0.25) is 4.79 Å². The molecule has 4 rings (SSSR count). The van der Waals surface area contributed by atoms with Gasteiger partial charge in [-0.05, 0) is 41.7 Å². The number of carbonyl (C=O) groups is 1. The first kappa shape index (κ1) is 22.6. The van der Waals surface area contributed by atoms with Gasteiger partial charge in [0, 0.05) is 6.54 Å². The Balaban J connectivity index is 1.72. The second-order valence-corrected chi connectivity index (χ2v) is 7.68. The summed E-state index contributed by atoms with van der Waals surface area (Å²) in [6, 6.07) is 12.5. The molecule has 4 nitrogen and oxygen atoms in total. The summed E-state index contributed by atoms with van der Waals surface area (Å²) in [6.07, 6.45) is -13.6. The van der Waals surface area contributed by atoms with Crippen molar-refractivity contribution in [3.05, 3.63) is 59.2 Å². The maximum Gasteiger partial charge on any atom is 0.453 e. The highest BCUT2D eigenvalue weighted by atomic mass is 19.4. The van der Waals surface area contributed by atoms with E-state index in [1.54, 1.807) is 31.2 Å². The summed E-state index contributed by atoms with van der Waals surface area (Å²) in [5, 5.41) is 0. The van der Waals surface area contributed by atoms with E-state index >= 15 is 0 Å². The number of aryl methyl sites for hydroxylation is 1. The summed E-state index contributed by atoms with van der Waals surface area (Å²) in [5.74, 6) is -6.31. The third kappa shape index (κ3) is 3.19. The largest absolute Gasteiger partial charge is 0.453 e. The fraction of sp³-hybridized carbons (Fsp3) is 0.409. The van der Waals surface area contributed by atoms with Gasteiger partial charge in [0.2, 0.25) is 5.91 Å². The summed E-state index contributed by atoms with van der Waals surface area (Å²) < 4.78 is 88.6. The molecule has 0 bridgehead atoms. The van der Waals surface area contributed by atoms with E-state index in [0.29, 0.717) is 11.1 Å². The van der Waals surface area contributed by atoms with Gasteiger partial charge in [0.1, 0.15) is 0 Å². The molecule has 10 heteroatoms. The van der Waals surface area contributed by atoms with E-state index in [9.17, 15) is 31.1 Å². The van der Waals surface area contributed by atoms with Gasteiger partial charge in [0.15, 0.2) is 6.23 Å². The van der Waals surface area contributed by atoms with Gasteiger partial charge >= 0.3 is 18.1 Å². The SMILES string of the molecule is CCN(C(=O)C1c2ccccc2-c2cccc(C)c21)C1COC(C(F)(F)F)(C(F)(F)F)O1. The van der Waals surface area contributed by atoms with Crippen molar-refractivity contribution in [2.45, 2.75) is 44.1 Å². The van der Waals surface area contributed by atoms with E-state index in [2.05, 4.69) is 9.47 Å². The van der Waals surface area contributed by atoms with Crippen LogP contribution in [0.5, 0.6) is 0 Å². The van der Waals surface area contributed by atoms with Crippen molar-refractivity contribution in [1.29, 1.82) is 0 Å². The molecule has 0 saturated carbocycles. The van der Waals surface area contributed by atoms with E-state index in [-0.39, 0.29) is 6.54 Å². The molecule has 1 aliphatic heterocycles. The second-order valence-electron chi connectivity index (χ2n) is 7.68. The van der Waals surface area contributed by atoms with Crippen molar-refractivity contribution >= 4 is 5.91 Å². The summed E-state index contributed by atoms with van der Waals surface area (Å²) in [7, 11) is 0. The van der Waals surface area contributed by atoms with E-state index in [0.717, 1.165) is 21.6 Å². The second kappa shape index (κ2) is 7.48. The van der Waals surface area contributed by atoms with Crippen LogP contribution < -0.4 is 0 Å². The number of ether oxygens (including phenoxy) is 2. The predicted octanol–water partition coefficient (Wildman–Crippen LogP) is 5.15. The van der Waals surface area contributed by atoms with Crippen LogP contribution in [-0.2, 0) is 14.3 Å². The minimum absolute atomic E-state index is 0.168. The molecule has 2 aromatic rings. The molecule has 2 aliphatic rings. The van der Waals surface area contributed by atoms with Crippen molar-refractivity contribution in [3.63, 3.8) is 0 Å². The Labute approximate surface area is 179 Å². The molecule has 0 N–H and O–H groups in total. The molecule has 172 valence electrons. The van der Waals surface area contributed by atoms with Gasteiger partial charge in [-0.15, -0.1) is 0 Å². The summed E-state index contributed by atoms with van der Waals surface area (Å²) >= 11 is 0. The van der Waals surface area contributed by atoms with Crippen LogP contribution in [0.4, 0.5) is 26.3 Å². The predicted molar refractivity (Wildman–Crippen MR) is 102 cm³/mol. The van der Waals surface area contributed by atoms with Gasteiger partial charge in [-0.2, -0.15) is 26.3 Å². The molecular formula is C22H19F6NO3. The normalized spacial score (nSPS) is 21.9. The fourth-order valence-electron chi connectivity index (χ4n) is 4.43. The molecule has 0 spiro atoms. The summed E-state index contributed by atoms with van der Waals surface area (Å²) in [5.41, 5.74) is 3.70. The lowest BCUT2D eigenvalue weighted by molar-refractivity contribution is -0.445. The van der Waals surface area contributed by atoms with Crippen molar-refractivity contribution in [2.24, 2.45) is 0 Å². The number of halogens is 6. The maximum absolute atomic E-state index is 13.6. The number of alkyl halides is 6. The first-order chi connectivity index (χ1) is 14.9. The minimum Gasteiger partial charge on any atom is -0.331 e. The monoisotopic (exact) mass is 459 g/mol. The van der Waals surface area contributed by atoms with Crippen LogP contribution >= 0.6 is 0 Å². The Morgan fingerprint density at radius 1 is 1.03 bits per heavy atom. The highest BCUT2D eigenvalue weighted by molar-refractivity contribution is 5.97. The molecule has 2 unspecified atom stereocenters. The van der Waals surface area contributed by atoms with E-state index in [1.165, 1.54) is 6.92 Å². The number of carbonyl (C=O) groups excluding carboxylic acids is 1. The zero-order chi connectivity index (χ0) is 23.5. The lowest BCUT2D eigenvalue weighted by Gasteiger charge is -2.34. The topological polar surface area (TPSA) is 38.8 Å². The number of hydrogen-bond acceptors (Lipinski definition) is 3. The highest BCUT2D eigenvalue weighted by Crippen LogP contribution is 2.51. The molecule has 1 fully saturated rings. The molecule has 1 heterocycles. The fourth-order valence-corrected chi connectivity index (χ4v) is 4.43. The Morgan fingerprint density at radius 3 is 2.25 bits per heavy atom. The maximum atomic E-state index is 13.6. The number of benzene rings is 2. The molecular weight excluding hydrogens is 440 g/mol. The van der Waals surface area contributed by atoms with Gasteiger partial charge in [0.25, 0.3) is 0 Å². The lowest BCUT2D eigenvalue weighted by Crippen LogP contribution is -2.59. The number of rotatable bonds is 3. The minimum atomic E-state index is -5.87. The Hall–Kier alpha value is -2.59. The zero-order valence-corrected chi connectivity index (χ0v) is 17.1. The smallest absolute Gasteiger partial charge is 0.331 e. The molecule has 1 aliphatic carbocycles. The van der Waals surface area contributed by atoms with E-state index in [1.807, 2.05) is 18.2 Å². The average molecular weight is 459 g/mol. The van der Waals surface area contributed by atoms with Crippen LogP contribution in [0.2, 0.25) is 0 Å². The van der Waals surface area contributed by atoms with Crippen LogP contribution in [0, 0.1) is 6.92 Å². The Morgan fingerprint density at radius 2 is 1.66 bits per heavy atom. The third-order valence-electron chi connectivity index (χ3n) is 5.87. The van der Waals surface area contributed by atoms with Crippen LogP contribution in [-0.4, -0.2) is 48.3 Å². The van der Waals surface area contributed by atoms with Gasteiger partial charge < -0.3 is 14.4 Å². The van der Waals surface area contributed by atoms with E-state index < -0.39 is 42.8 Å². The number of hydrogen-bond donors (Lipinski definition) is 0. The number of amides is 1. The molecule has 0 aromatic heterocycles. The van der Waals surface area contributed by atoms with Crippen LogP contribution in [0.1, 0.15) is 29.5 Å². The van der Waals surface area contributed by atoms with Gasteiger partial charge in [0.05, 0.1) is 12.5 Å². The highest BCUT2D eigenvalue weighted by Gasteiger charge is 2.77. The van der Waals surface area contributed by atoms with Crippen molar-refractivity contribution in [2.75, 3.05) is 13.2 Å². The summed E-state index contributed by atoms with van der Waals surface area (Å²) in [6.45, 7) is 2.03. The molecule has 0 radical (unpaired) electrons. The first-order valence-corrected chi connectivity index (χ1v) is 9.87. The van der Waals surface area contributed by atoms with Gasteiger partial charge in [-0.1, -0.05) is 42.5 Å².